The minimum absolute atomic E-state index is 0.917. The van der Waals surface area contributed by atoms with Crippen LogP contribution < -0.4 is 0 Å². The third-order valence-electron chi connectivity index (χ3n) is 19.7. The first-order valence-electron chi connectivity index (χ1n) is 32.4. The fourth-order valence-electron chi connectivity index (χ4n) is 15.5. The Morgan fingerprint density at radius 3 is 1.03 bits per heavy atom. The van der Waals surface area contributed by atoms with Crippen molar-refractivity contribution in [2.24, 2.45) is 0 Å². The number of hydrogen-bond donors (Lipinski definition) is 0. The molecule has 0 bridgehead atoms. The lowest BCUT2D eigenvalue weighted by Gasteiger charge is -2.19. The average molecular weight is 1210 g/mol. The summed E-state index contributed by atoms with van der Waals surface area (Å²) in [6.07, 6.45) is 0. The summed E-state index contributed by atoms with van der Waals surface area (Å²) in [5, 5.41) is 25.3. The van der Waals surface area contributed by atoms with Crippen LogP contribution >= 0.6 is 11.3 Å². The lowest BCUT2D eigenvalue weighted by molar-refractivity contribution is 0.669. The lowest BCUT2D eigenvalue weighted by atomic mass is 9.83. The first-order valence-corrected chi connectivity index (χ1v) is 33.2. The van der Waals surface area contributed by atoms with Crippen molar-refractivity contribution in [2.45, 2.75) is 0 Å². The van der Waals surface area contributed by atoms with Crippen molar-refractivity contribution in [3.63, 3.8) is 0 Å². The summed E-state index contributed by atoms with van der Waals surface area (Å²) in [5.41, 5.74) is 16.8. The molecule has 0 aliphatic carbocycles. The van der Waals surface area contributed by atoms with E-state index in [0.717, 1.165) is 21.9 Å². The van der Waals surface area contributed by atoms with E-state index in [1.54, 1.807) is 0 Å². The molecular weight excluding hydrogens is 1150 g/mol. The Hall–Kier alpha value is -11.9. The monoisotopic (exact) mass is 1210 g/mol. The van der Waals surface area contributed by atoms with E-state index in [-0.39, 0.29) is 0 Å². The summed E-state index contributed by atoms with van der Waals surface area (Å²) in [4.78, 5) is 0. The van der Waals surface area contributed by atoms with Crippen LogP contribution in [0.15, 0.2) is 344 Å². The van der Waals surface area contributed by atoms with Crippen LogP contribution in [0.4, 0.5) is 0 Å². The molecule has 0 spiro atoms. The molecule has 20 rings (SSSR count). The van der Waals surface area contributed by atoms with Crippen molar-refractivity contribution in [2.75, 3.05) is 0 Å². The topological polar surface area (TPSA) is 13.1 Å². The van der Waals surface area contributed by atoms with Crippen LogP contribution in [-0.2, 0) is 0 Å². The Bertz CT molecular complexity index is 5990. The second-order valence-electron chi connectivity index (χ2n) is 24.8. The van der Waals surface area contributed by atoms with Crippen molar-refractivity contribution in [3.8, 4) is 66.8 Å². The van der Waals surface area contributed by atoms with Crippen molar-refractivity contribution in [3.05, 3.63) is 340 Å². The smallest absolute Gasteiger partial charge is 0.135 e. The van der Waals surface area contributed by atoms with Gasteiger partial charge in [0.2, 0.25) is 0 Å². The number of fused-ring (bicyclic) bond motifs is 16. The Morgan fingerprint density at radius 1 is 0.181 bits per heavy atom. The summed E-state index contributed by atoms with van der Waals surface area (Å²) in [5.74, 6) is 0. The fraction of sp³-hybridized carbons (Fsp3) is 0. The molecule has 0 saturated heterocycles. The molecule has 0 radical (unpaired) electrons. The second kappa shape index (κ2) is 21.9. The van der Waals surface area contributed by atoms with Crippen LogP contribution in [0.1, 0.15) is 0 Å². The average Bonchev–Trinajstić information content (AvgIpc) is 1.13. The minimum atomic E-state index is 0.917. The van der Waals surface area contributed by atoms with Crippen molar-refractivity contribution >= 4 is 140 Å². The molecule has 2 heteroatoms. The molecule has 18 aromatic carbocycles. The normalized spacial score (nSPS) is 11.8. The molecule has 20 aromatic rings. The van der Waals surface area contributed by atoms with E-state index < -0.39 is 0 Å². The molecule has 0 aliphatic heterocycles. The number of furan rings is 1. The first kappa shape index (κ1) is 53.9. The highest BCUT2D eigenvalue weighted by Crippen LogP contribution is 2.50. The summed E-state index contributed by atoms with van der Waals surface area (Å²) in [7, 11) is 0. The number of thiophene rings is 1. The summed E-state index contributed by atoms with van der Waals surface area (Å²) < 4.78 is 8.80. The summed E-state index contributed by atoms with van der Waals surface area (Å²) in [6.45, 7) is 0. The maximum absolute atomic E-state index is 6.13. The lowest BCUT2D eigenvalue weighted by Crippen LogP contribution is -1.92. The number of rotatable bonds is 6. The molecule has 0 saturated carbocycles. The summed E-state index contributed by atoms with van der Waals surface area (Å²) in [6, 6.07) is 125. The van der Waals surface area contributed by atoms with Gasteiger partial charge in [0.1, 0.15) is 11.2 Å². The van der Waals surface area contributed by atoms with Crippen LogP contribution in [0, 0.1) is 0 Å². The quantitative estimate of drug-likeness (QED) is 0.119. The Labute approximate surface area is 546 Å². The number of benzene rings is 18. The Balaban J connectivity index is 0.000000133. The van der Waals surface area contributed by atoms with Gasteiger partial charge in [-0.15, -0.1) is 11.3 Å². The zero-order valence-corrected chi connectivity index (χ0v) is 52.0. The Kier molecular flexibility index (Phi) is 12.5. The molecule has 2 aromatic heterocycles. The largest absolute Gasteiger partial charge is 0.456 e. The predicted molar refractivity (Wildman–Crippen MR) is 406 cm³/mol. The molecule has 94 heavy (non-hydrogen) atoms. The van der Waals surface area contributed by atoms with Crippen molar-refractivity contribution in [1.82, 2.24) is 0 Å². The molecule has 1 nitrogen and oxygen atoms in total. The van der Waals surface area contributed by atoms with Gasteiger partial charge < -0.3 is 4.42 Å². The highest BCUT2D eigenvalue weighted by atomic mass is 32.1. The van der Waals surface area contributed by atoms with Gasteiger partial charge in [-0.25, -0.2) is 0 Å². The fourth-order valence-corrected chi connectivity index (χ4v) is 16.6. The van der Waals surface area contributed by atoms with Crippen LogP contribution in [0.2, 0.25) is 0 Å². The molecule has 0 N–H and O–H groups in total. The van der Waals surface area contributed by atoms with E-state index in [0.29, 0.717) is 0 Å². The molecule has 0 atom stereocenters. The predicted octanol–water partition coefficient (Wildman–Crippen LogP) is 26.9. The van der Waals surface area contributed by atoms with Crippen molar-refractivity contribution < 1.29 is 4.42 Å². The van der Waals surface area contributed by atoms with E-state index in [2.05, 4.69) is 328 Å². The minimum Gasteiger partial charge on any atom is -0.456 e. The van der Waals surface area contributed by atoms with E-state index in [1.807, 2.05) is 23.5 Å². The van der Waals surface area contributed by atoms with Crippen LogP contribution in [0.25, 0.3) is 195 Å². The second-order valence-corrected chi connectivity index (χ2v) is 25.9. The van der Waals surface area contributed by atoms with Gasteiger partial charge in [0.15, 0.2) is 0 Å². The van der Waals surface area contributed by atoms with Gasteiger partial charge in [-0.1, -0.05) is 291 Å². The highest BCUT2D eigenvalue weighted by molar-refractivity contribution is 7.25. The van der Waals surface area contributed by atoms with Gasteiger partial charge in [-0.3, -0.25) is 0 Å². The molecular formula is C92H56OS. The van der Waals surface area contributed by atoms with Crippen LogP contribution in [0.3, 0.4) is 0 Å². The maximum atomic E-state index is 6.13. The standard InChI is InChI=1S/C46H28O.C46H28S/c2*1-2-15-34-29(11-1)23-24-30-12-10-21-40(44(30)34)46-38-19-5-3-17-36(38)45(37-18-4-6-20-39(37)46)33-14-9-13-31(27-33)32-25-26-43-41(28-32)35-16-7-8-22-42(35)47-43/h2*1-28H. The molecule has 0 unspecified atom stereocenters. The molecule has 0 aliphatic rings. The number of para-hydroxylation sites is 1. The van der Waals surface area contributed by atoms with Gasteiger partial charge in [-0.2, -0.15) is 0 Å². The molecule has 0 amide bonds. The van der Waals surface area contributed by atoms with E-state index >= 15 is 0 Å². The van der Waals surface area contributed by atoms with Gasteiger partial charge >= 0.3 is 0 Å². The SMILES string of the molecule is c1cc(-c2ccc3oc4ccccc4c3c2)cc(-c2c3ccccc3c(-c3cccc4ccc5ccccc5c34)c3ccccc23)c1.c1cc(-c2ccc3sc4ccccc4c3c2)cc(-c2c3ccccc3c(-c3cccc4ccc5ccccc5c34)c3ccccc23)c1. The highest BCUT2D eigenvalue weighted by Gasteiger charge is 2.22. The van der Waals surface area contributed by atoms with E-state index in [9.17, 15) is 0 Å². The van der Waals surface area contributed by atoms with Crippen LogP contribution in [0.5, 0.6) is 0 Å². The zero-order chi connectivity index (χ0) is 61.8. The zero-order valence-electron chi connectivity index (χ0n) is 51.1. The molecule has 0 fully saturated rings. The maximum Gasteiger partial charge on any atom is 0.135 e. The van der Waals surface area contributed by atoms with Gasteiger partial charge in [0.25, 0.3) is 0 Å². The molecule has 2 heterocycles. The third-order valence-corrected chi connectivity index (χ3v) is 20.8. The third kappa shape index (κ3) is 8.68. The van der Waals surface area contributed by atoms with Gasteiger partial charge in [0.05, 0.1) is 0 Å². The van der Waals surface area contributed by atoms with E-state index in [4.69, 9.17) is 4.42 Å². The first-order chi connectivity index (χ1) is 46.6. The van der Waals surface area contributed by atoms with Gasteiger partial charge in [-0.05, 0) is 201 Å². The van der Waals surface area contributed by atoms with E-state index in [1.165, 1.54) is 173 Å². The Morgan fingerprint density at radius 2 is 0.521 bits per heavy atom. The van der Waals surface area contributed by atoms with Gasteiger partial charge in [0, 0.05) is 30.9 Å². The van der Waals surface area contributed by atoms with Crippen molar-refractivity contribution in [1.29, 1.82) is 0 Å². The summed E-state index contributed by atoms with van der Waals surface area (Å²) >= 11 is 1.87. The van der Waals surface area contributed by atoms with Crippen LogP contribution in [-0.4, -0.2) is 0 Å². The molecule has 436 valence electrons. The number of hydrogen-bond acceptors (Lipinski definition) is 2.